The van der Waals surface area contributed by atoms with Crippen LogP contribution in [0.4, 0.5) is 0 Å². The number of para-hydroxylation sites is 1. The zero-order valence-electron chi connectivity index (χ0n) is 19.6. The molecule has 1 aliphatic heterocycles. The second kappa shape index (κ2) is 10.7. The van der Waals surface area contributed by atoms with Gasteiger partial charge in [-0.3, -0.25) is 9.59 Å². The van der Waals surface area contributed by atoms with E-state index in [-0.39, 0.29) is 17.7 Å². The van der Waals surface area contributed by atoms with Gasteiger partial charge in [0.1, 0.15) is 21.2 Å². The summed E-state index contributed by atoms with van der Waals surface area (Å²) in [5.41, 5.74) is 2.47. The highest BCUT2D eigenvalue weighted by atomic mass is 32.1. The molecule has 0 unspecified atom stereocenters. The minimum atomic E-state index is -0.0613. The number of furan rings is 1. The molecule has 5 rings (SSSR count). The minimum absolute atomic E-state index is 0.0613. The van der Waals surface area contributed by atoms with Gasteiger partial charge in [0.05, 0.1) is 0 Å². The smallest absolute Gasteiger partial charge is 0.262 e. The van der Waals surface area contributed by atoms with E-state index >= 15 is 0 Å². The number of benzene rings is 1. The maximum atomic E-state index is 12.9. The Morgan fingerprint density at radius 1 is 1.17 bits per heavy atom. The van der Waals surface area contributed by atoms with Crippen LogP contribution in [0.1, 0.15) is 28.9 Å². The molecule has 2 amide bonds. The number of piperidine rings is 1. The number of fused-ring (bicyclic) bond motifs is 1. The molecular weight excluding hydrogens is 480 g/mol. The van der Waals surface area contributed by atoms with Crippen LogP contribution in [0.25, 0.3) is 33.0 Å². The summed E-state index contributed by atoms with van der Waals surface area (Å²) in [6.07, 6.45) is 2.67. The van der Waals surface area contributed by atoms with E-state index in [1.54, 1.807) is 7.05 Å². The van der Waals surface area contributed by atoms with Crippen molar-refractivity contribution >= 4 is 45.5 Å². The van der Waals surface area contributed by atoms with Crippen LogP contribution in [0.15, 0.2) is 51.6 Å². The Bertz CT molecular complexity index is 1280. The van der Waals surface area contributed by atoms with Crippen molar-refractivity contribution in [3.05, 3.63) is 52.0 Å². The molecule has 1 saturated heterocycles. The van der Waals surface area contributed by atoms with Gasteiger partial charge in [0.15, 0.2) is 5.76 Å². The summed E-state index contributed by atoms with van der Waals surface area (Å²) in [5, 5.41) is 11.6. The van der Waals surface area contributed by atoms with Crippen LogP contribution < -0.4 is 10.6 Å². The molecular formula is C26H28N4O3S2. The van der Waals surface area contributed by atoms with Crippen molar-refractivity contribution in [1.82, 2.24) is 20.5 Å². The number of aromatic nitrogens is 1. The number of nitrogens with one attached hydrogen (secondary N) is 2. The molecule has 2 N–H and O–H groups in total. The zero-order valence-corrected chi connectivity index (χ0v) is 21.2. The molecule has 4 aromatic rings. The monoisotopic (exact) mass is 508 g/mol. The first-order chi connectivity index (χ1) is 17.1. The van der Waals surface area contributed by atoms with Crippen molar-refractivity contribution in [2.45, 2.75) is 19.3 Å². The molecule has 7 nitrogen and oxygen atoms in total. The standard InChI is InChI=1S/C26H28N4O3S2/c1-27-24(31)17-7-12-30(13-8-17)11-4-10-28-25(32)23-19(9-14-34-23)26-29-20(16-35-26)22-15-18-5-2-3-6-21(18)33-22/h2-3,5-6,9,14-17H,4,7-8,10-13H2,1H3,(H,27,31)(H,28,32). The van der Waals surface area contributed by atoms with E-state index in [4.69, 9.17) is 9.40 Å². The summed E-state index contributed by atoms with van der Waals surface area (Å²) in [6, 6.07) is 11.9. The summed E-state index contributed by atoms with van der Waals surface area (Å²) in [7, 11) is 1.70. The van der Waals surface area contributed by atoms with Crippen molar-refractivity contribution in [3.63, 3.8) is 0 Å². The van der Waals surface area contributed by atoms with Crippen molar-refractivity contribution in [3.8, 4) is 22.0 Å². The van der Waals surface area contributed by atoms with E-state index in [1.165, 1.54) is 22.7 Å². The normalized spacial score (nSPS) is 14.9. The Balaban J connectivity index is 1.15. The largest absolute Gasteiger partial charge is 0.454 e. The number of likely N-dealkylation sites (tertiary alicyclic amines) is 1. The highest BCUT2D eigenvalue weighted by Crippen LogP contribution is 2.35. The van der Waals surface area contributed by atoms with Gasteiger partial charge in [0.25, 0.3) is 5.91 Å². The summed E-state index contributed by atoms with van der Waals surface area (Å²) < 4.78 is 5.94. The molecule has 35 heavy (non-hydrogen) atoms. The SMILES string of the molecule is CNC(=O)C1CCN(CCCNC(=O)c2sccc2-c2nc(-c3cc4ccccc4o3)cs2)CC1. The highest BCUT2D eigenvalue weighted by Gasteiger charge is 2.24. The molecule has 3 aromatic heterocycles. The average Bonchev–Trinajstić information content (AvgIpc) is 3.64. The third-order valence-corrected chi connectivity index (χ3v) is 8.21. The van der Waals surface area contributed by atoms with Crippen LogP contribution in [-0.2, 0) is 4.79 Å². The number of carbonyl (C=O) groups excluding carboxylic acids is 2. The molecule has 0 saturated carbocycles. The number of hydrogen-bond donors (Lipinski definition) is 2. The molecule has 0 atom stereocenters. The van der Waals surface area contributed by atoms with E-state index < -0.39 is 0 Å². The van der Waals surface area contributed by atoms with Gasteiger partial charge in [0, 0.05) is 35.8 Å². The molecule has 0 bridgehead atoms. The van der Waals surface area contributed by atoms with Crippen LogP contribution in [0.5, 0.6) is 0 Å². The molecule has 4 heterocycles. The lowest BCUT2D eigenvalue weighted by Crippen LogP contribution is -2.40. The molecule has 1 aromatic carbocycles. The summed E-state index contributed by atoms with van der Waals surface area (Å²) in [5.74, 6) is 0.947. The fraction of sp³-hybridized carbons (Fsp3) is 0.346. The van der Waals surface area contributed by atoms with Crippen molar-refractivity contribution in [2.75, 3.05) is 33.2 Å². The molecule has 182 valence electrons. The maximum Gasteiger partial charge on any atom is 0.262 e. The first kappa shape index (κ1) is 23.7. The first-order valence-corrected chi connectivity index (χ1v) is 13.6. The Morgan fingerprint density at radius 2 is 2.00 bits per heavy atom. The number of rotatable bonds is 8. The molecule has 1 aliphatic rings. The topological polar surface area (TPSA) is 87.5 Å². The van der Waals surface area contributed by atoms with Crippen LogP contribution in [0.2, 0.25) is 0 Å². The maximum absolute atomic E-state index is 12.9. The number of thiazole rings is 1. The van der Waals surface area contributed by atoms with Gasteiger partial charge in [-0.15, -0.1) is 22.7 Å². The number of hydrogen-bond acceptors (Lipinski definition) is 7. The number of amides is 2. The van der Waals surface area contributed by atoms with E-state index in [0.717, 1.165) is 71.9 Å². The van der Waals surface area contributed by atoms with Gasteiger partial charge in [-0.25, -0.2) is 4.98 Å². The van der Waals surface area contributed by atoms with Gasteiger partial charge in [0.2, 0.25) is 5.91 Å². The van der Waals surface area contributed by atoms with Gasteiger partial charge in [-0.05, 0) is 62.5 Å². The fourth-order valence-corrected chi connectivity index (χ4v) is 6.20. The summed E-state index contributed by atoms with van der Waals surface area (Å²) in [4.78, 5) is 32.5. The van der Waals surface area contributed by atoms with Crippen LogP contribution in [-0.4, -0.2) is 54.9 Å². The number of carbonyl (C=O) groups is 2. The Labute approximate surface area is 212 Å². The summed E-state index contributed by atoms with van der Waals surface area (Å²) >= 11 is 2.95. The van der Waals surface area contributed by atoms with Crippen LogP contribution in [0.3, 0.4) is 0 Å². The highest BCUT2D eigenvalue weighted by molar-refractivity contribution is 7.15. The quantitative estimate of drug-likeness (QED) is 0.332. The summed E-state index contributed by atoms with van der Waals surface area (Å²) in [6.45, 7) is 3.40. The average molecular weight is 509 g/mol. The molecule has 0 radical (unpaired) electrons. The first-order valence-electron chi connectivity index (χ1n) is 11.9. The van der Waals surface area contributed by atoms with Crippen LogP contribution >= 0.6 is 22.7 Å². The van der Waals surface area contributed by atoms with E-state index in [0.29, 0.717) is 11.4 Å². The van der Waals surface area contributed by atoms with Gasteiger partial charge >= 0.3 is 0 Å². The zero-order chi connectivity index (χ0) is 24.2. The van der Waals surface area contributed by atoms with Crippen molar-refractivity contribution in [2.24, 2.45) is 5.92 Å². The molecule has 1 fully saturated rings. The van der Waals surface area contributed by atoms with Gasteiger partial charge < -0.3 is 20.0 Å². The van der Waals surface area contributed by atoms with Crippen molar-refractivity contribution in [1.29, 1.82) is 0 Å². The Morgan fingerprint density at radius 3 is 2.80 bits per heavy atom. The van der Waals surface area contributed by atoms with E-state index in [2.05, 4.69) is 15.5 Å². The Hall–Kier alpha value is -3.01. The Kier molecular flexibility index (Phi) is 7.26. The predicted octanol–water partition coefficient (Wildman–Crippen LogP) is 4.86. The molecule has 0 spiro atoms. The van der Waals surface area contributed by atoms with Gasteiger partial charge in [-0.1, -0.05) is 18.2 Å². The third kappa shape index (κ3) is 5.32. The van der Waals surface area contributed by atoms with Crippen LogP contribution in [0, 0.1) is 5.92 Å². The lowest BCUT2D eigenvalue weighted by atomic mass is 9.96. The van der Waals surface area contributed by atoms with Crippen molar-refractivity contribution < 1.29 is 14.0 Å². The van der Waals surface area contributed by atoms with E-state index in [1.807, 2.05) is 47.2 Å². The minimum Gasteiger partial charge on any atom is -0.454 e. The van der Waals surface area contributed by atoms with Gasteiger partial charge in [-0.2, -0.15) is 0 Å². The fourth-order valence-electron chi connectivity index (χ4n) is 4.48. The molecule has 0 aliphatic carbocycles. The number of nitrogens with zero attached hydrogens (tertiary/aromatic N) is 2. The third-order valence-electron chi connectivity index (χ3n) is 6.43. The predicted molar refractivity (Wildman–Crippen MR) is 141 cm³/mol. The lowest BCUT2D eigenvalue weighted by Gasteiger charge is -2.30. The van der Waals surface area contributed by atoms with E-state index in [9.17, 15) is 9.59 Å². The number of thiophene rings is 1. The second-order valence-corrected chi connectivity index (χ2v) is 10.5. The second-order valence-electron chi connectivity index (χ2n) is 8.69. The molecule has 9 heteroatoms. The lowest BCUT2D eigenvalue weighted by molar-refractivity contribution is -0.125.